The third kappa shape index (κ3) is 23.3. The molecule has 15 nitrogen and oxygen atoms in total. The van der Waals surface area contributed by atoms with Gasteiger partial charge >= 0.3 is 24.2 Å². The zero-order chi connectivity index (χ0) is 49.0. The van der Waals surface area contributed by atoms with E-state index in [1.807, 2.05) is 85.7 Å². The highest BCUT2D eigenvalue weighted by molar-refractivity contribution is 5.93. The van der Waals surface area contributed by atoms with E-state index in [0.29, 0.717) is 38.0 Å². The number of hydrogen-bond acceptors (Lipinski definition) is 14. The quantitative estimate of drug-likeness (QED) is 0.133. The second-order valence-corrected chi connectivity index (χ2v) is 19.8. The summed E-state index contributed by atoms with van der Waals surface area (Å²) in [5.41, 5.74) is 7.86. The third-order valence-electron chi connectivity index (χ3n) is 9.79. The van der Waals surface area contributed by atoms with Gasteiger partial charge in [-0.2, -0.15) is 0 Å². The second-order valence-electron chi connectivity index (χ2n) is 19.8. The molecule has 0 unspecified atom stereocenters. The molecule has 4 rings (SSSR count). The number of alkyl carbamates (subject to hydrolysis) is 1. The van der Waals surface area contributed by atoms with E-state index in [1.165, 1.54) is 20.3 Å². The van der Waals surface area contributed by atoms with Crippen molar-refractivity contribution < 1.29 is 57.2 Å². The Morgan fingerprint density at radius 1 is 0.641 bits per heavy atom. The van der Waals surface area contributed by atoms with Gasteiger partial charge in [0.1, 0.15) is 24.4 Å². The van der Waals surface area contributed by atoms with Gasteiger partial charge in [-0.25, -0.2) is 19.2 Å². The molecule has 0 saturated heterocycles. The highest BCUT2D eigenvalue weighted by Crippen LogP contribution is 2.35. The average Bonchev–Trinajstić information content (AvgIpc) is 3.15. The minimum absolute atomic E-state index is 0.00657. The van der Waals surface area contributed by atoms with Crippen LogP contribution >= 0.6 is 0 Å². The van der Waals surface area contributed by atoms with Gasteiger partial charge in [0, 0.05) is 49.2 Å². The standard InChI is InChI=1S/C14H19NO4.C14H23NO3.C13H20O4.C8H13NO/c1-10(2)12(13(16)18-3)15-14(17)19-9-11-7-5-4-6-8-11;1-9(2)12(13(17)18-5)15-10-6-11(16)8-14(3,4)7-10;1-9(2)8-16-12(15)17-11-5-10(14)6-13(3,4)7-11;1-8(2)4-6(9)3-7(10)5-8/h4-8,10,12H,9H2,1-3H3,(H,15,17);6,9,12,15H,7-8H2,1-5H3;5,9H,6-8H2,1-4H3;3H,4-5,9H2,1-2H3/t2*12-;;/m00../s1. The molecule has 1 amide bonds. The third-order valence-corrected chi connectivity index (χ3v) is 9.79. The predicted molar refractivity (Wildman–Crippen MR) is 244 cm³/mol. The number of allylic oxidation sites excluding steroid dienone is 6. The molecule has 358 valence electrons. The number of benzene rings is 1. The topological polar surface area (TPSA) is 216 Å². The molecule has 1 aromatic rings. The lowest BCUT2D eigenvalue weighted by molar-refractivity contribution is -0.145. The number of rotatable bonds is 12. The molecule has 0 radical (unpaired) electrons. The lowest BCUT2D eigenvalue weighted by Gasteiger charge is -2.31. The number of carbonyl (C=O) groups excluding carboxylic acids is 7. The Balaban J connectivity index is 0.000000435. The Labute approximate surface area is 380 Å². The van der Waals surface area contributed by atoms with Crippen LogP contribution < -0.4 is 16.4 Å². The fourth-order valence-electron chi connectivity index (χ4n) is 6.90. The van der Waals surface area contributed by atoms with Crippen molar-refractivity contribution in [1.82, 2.24) is 10.6 Å². The maximum absolute atomic E-state index is 11.7. The Kier molecular flexibility index (Phi) is 23.3. The summed E-state index contributed by atoms with van der Waals surface area (Å²) in [5, 5.41) is 5.66. The number of nitrogens with two attached hydrogens (primary N) is 1. The van der Waals surface area contributed by atoms with Crippen molar-refractivity contribution in [3.63, 3.8) is 0 Å². The lowest BCUT2D eigenvalue weighted by Crippen LogP contribution is -2.45. The normalized spacial score (nSPS) is 18.0. The van der Waals surface area contributed by atoms with E-state index < -0.39 is 30.3 Å². The molecule has 0 fully saturated rings. The minimum atomic E-state index is -0.726. The first-order valence-electron chi connectivity index (χ1n) is 21.8. The van der Waals surface area contributed by atoms with Gasteiger partial charge in [-0.1, -0.05) is 113 Å². The van der Waals surface area contributed by atoms with Gasteiger partial charge in [0.15, 0.2) is 17.3 Å². The van der Waals surface area contributed by atoms with Crippen molar-refractivity contribution in [2.75, 3.05) is 20.8 Å². The minimum Gasteiger partial charge on any atom is -0.467 e. The van der Waals surface area contributed by atoms with Crippen molar-refractivity contribution in [3.8, 4) is 0 Å². The van der Waals surface area contributed by atoms with Gasteiger partial charge in [0.2, 0.25) is 0 Å². The highest BCUT2D eigenvalue weighted by atomic mass is 16.7. The molecule has 0 bridgehead atoms. The number of esters is 2. The number of methoxy groups -OCH3 is 2. The molecule has 2 atom stereocenters. The van der Waals surface area contributed by atoms with Crippen molar-refractivity contribution >= 4 is 41.5 Å². The van der Waals surface area contributed by atoms with E-state index in [0.717, 1.165) is 29.8 Å². The number of ketones is 3. The predicted octanol–water partition coefficient (Wildman–Crippen LogP) is 8.44. The monoisotopic (exact) mass is 898 g/mol. The lowest BCUT2D eigenvalue weighted by atomic mass is 9.78. The number of carbonyl (C=O) groups is 7. The van der Waals surface area contributed by atoms with E-state index in [9.17, 15) is 33.6 Å². The van der Waals surface area contributed by atoms with Crippen molar-refractivity contribution in [1.29, 1.82) is 0 Å². The van der Waals surface area contributed by atoms with Crippen LogP contribution in [0.15, 0.2) is 65.7 Å². The fourth-order valence-corrected chi connectivity index (χ4v) is 6.90. The molecular weight excluding hydrogens is 823 g/mol. The summed E-state index contributed by atoms with van der Waals surface area (Å²) in [6.45, 7) is 24.1. The highest BCUT2D eigenvalue weighted by Gasteiger charge is 2.32. The van der Waals surface area contributed by atoms with Crippen molar-refractivity contribution in [2.45, 2.75) is 140 Å². The SMILES string of the molecule is CC(C)COC(=O)OC1=CC(=O)CC(C)(C)C1.CC1(C)CC(=O)C=C(N)C1.COC(=O)[C@@H](NC(=O)OCc1ccccc1)C(C)C.COC(=O)[C@@H](NC1=CC(=O)CC(C)(C)C1)C(C)C. The average molecular weight is 898 g/mol. The van der Waals surface area contributed by atoms with Crippen LogP contribution in [-0.4, -0.2) is 74.4 Å². The van der Waals surface area contributed by atoms with Gasteiger partial charge in [0.25, 0.3) is 0 Å². The largest absolute Gasteiger partial charge is 0.513 e. The molecule has 4 N–H and O–H groups in total. The number of ether oxygens (including phenoxy) is 5. The van der Waals surface area contributed by atoms with Crippen LogP contribution in [-0.2, 0) is 54.3 Å². The van der Waals surface area contributed by atoms with Gasteiger partial charge in [-0.15, -0.1) is 0 Å². The van der Waals surface area contributed by atoms with E-state index in [-0.39, 0.29) is 63.9 Å². The first-order chi connectivity index (χ1) is 29.6. The van der Waals surface area contributed by atoms with Crippen LogP contribution in [0.1, 0.15) is 127 Å². The van der Waals surface area contributed by atoms with Crippen molar-refractivity contribution in [3.05, 3.63) is 71.3 Å². The van der Waals surface area contributed by atoms with E-state index in [4.69, 9.17) is 24.7 Å². The molecule has 0 spiro atoms. The first kappa shape index (κ1) is 56.5. The number of hydrogen-bond donors (Lipinski definition) is 3. The summed E-state index contributed by atoms with van der Waals surface area (Å²) in [6, 6.07) is 8.22. The van der Waals surface area contributed by atoms with E-state index >= 15 is 0 Å². The molecule has 0 aromatic heterocycles. The summed E-state index contributed by atoms with van der Waals surface area (Å²) >= 11 is 0. The smallest absolute Gasteiger partial charge is 0.467 e. The molecule has 0 aliphatic heterocycles. The van der Waals surface area contributed by atoms with Gasteiger partial charge in [-0.3, -0.25) is 14.4 Å². The molecule has 3 aliphatic rings. The summed E-state index contributed by atoms with van der Waals surface area (Å²) in [6.07, 6.45) is 7.07. The summed E-state index contributed by atoms with van der Waals surface area (Å²) in [4.78, 5) is 80.1. The first-order valence-corrected chi connectivity index (χ1v) is 21.8. The summed E-state index contributed by atoms with van der Waals surface area (Å²) in [5.74, 6) is 0.201. The van der Waals surface area contributed by atoms with Crippen LogP contribution in [0.3, 0.4) is 0 Å². The molecule has 1 aromatic carbocycles. The molecule has 15 heteroatoms. The Bertz CT molecular complexity index is 1840. The zero-order valence-electron chi connectivity index (χ0n) is 40.6. The second kappa shape index (κ2) is 26.3. The van der Waals surface area contributed by atoms with Crippen LogP contribution in [0.25, 0.3) is 0 Å². The number of amides is 1. The van der Waals surface area contributed by atoms with Gasteiger partial charge in [-0.05, 0) is 58.5 Å². The molecule has 0 saturated carbocycles. The van der Waals surface area contributed by atoms with Crippen LogP contribution in [0, 0.1) is 34.0 Å². The zero-order valence-corrected chi connectivity index (χ0v) is 40.6. The van der Waals surface area contributed by atoms with Gasteiger partial charge in [0.05, 0.1) is 20.8 Å². The molecular formula is C49H75N3O12. The Morgan fingerprint density at radius 2 is 1.12 bits per heavy atom. The van der Waals surface area contributed by atoms with Crippen LogP contribution in [0.4, 0.5) is 9.59 Å². The van der Waals surface area contributed by atoms with Gasteiger partial charge < -0.3 is 40.1 Å². The molecule has 0 heterocycles. The van der Waals surface area contributed by atoms with E-state index in [2.05, 4.69) is 43.1 Å². The maximum atomic E-state index is 11.7. The molecule has 64 heavy (non-hydrogen) atoms. The van der Waals surface area contributed by atoms with Crippen molar-refractivity contribution in [2.24, 2.45) is 39.7 Å². The number of nitrogens with one attached hydrogen (secondary N) is 2. The molecule has 3 aliphatic carbocycles. The maximum Gasteiger partial charge on any atom is 0.513 e. The van der Waals surface area contributed by atoms with E-state index in [1.54, 1.807) is 12.2 Å². The fraction of sp³-hybridized carbons (Fsp3) is 0.612. The Morgan fingerprint density at radius 3 is 1.58 bits per heavy atom. The summed E-state index contributed by atoms with van der Waals surface area (Å²) < 4.78 is 24.4. The Hall–Kier alpha value is -5.47. The summed E-state index contributed by atoms with van der Waals surface area (Å²) in [7, 11) is 2.67. The van der Waals surface area contributed by atoms with Crippen LogP contribution in [0.2, 0.25) is 0 Å². The van der Waals surface area contributed by atoms with Crippen LogP contribution in [0.5, 0.6) is 0 Å².